The Labute approximate surface area is 199 Å². The molecule has 0 bridgehead atoms. The second-order valence-electron chi connectivity index (χ2n) is 7.44. The number of aromatic amines is 1. The molecule has 0 fully saturated rings. The molecule has 1 aromatic heterocycles. The molecule has 8 nitrogen and oxygen atoms in total. The minimum atomic E-state index is -1.23. The molecule has 0 aliphatic heterocycles. The van der Waals surface area contributed by atoms with Gasteiger partial charge in [-0.3, -0.25) is 14.4 Å². The van der Waals surface area contributed by atoms with Crippen molar-refractivity contribution in [2.45, 2.75) is 13.0 Å². The number of carbonyl (C=O) groups is 2. The first kappa shape index (κ1) is 22.9. The maximum absolute atomic E-state index is 13.3. The van der Waals surface area contributed by atoms with Gasteiger partial charge in [0.15, 0.2) is 6.04 Å². The average Bonchev–Trinajstić information content (AvgIpc) is 2.87. The third-order valence-corrected chi connectivity index (χ3v) is 5.38. The zero-order valence-electron chi connectivity index (χ0n) is 18.1. The molecule has 1 atom stereocenters. The highest BCUT2D eigenvalue weighted by Gasteiger charge is 2.27. The van der Waals surface area contributed by atoms with E-state index in [1.165, 1.54) is 0 Å². The molecule has 0 spiro atoms. The van der Waals surface area contributed by atoms with Gasteiger partial charge in [-0.25, -0.2) is 10.5 Å². The Bertz CT molecular complexity index is 1450. The van der Waals surface area contributed by atoms with E-state index >= 15 is 0 Å². The van der Waals surface area contributed by atoms with Gasteiger partial charge in [-0.2, -0.15) is 10.2 Å². The molecular weight excluding hydrogens is 454 g/mol. The van der Waals surface area contributed by atoms with Crippen molar-refractivity contribution in [3.05, 3.63) is 111 Å². The maximum atomic E-state index is 13.3. The van der Waals surface area contributed by atoms with Gasteiger partial charge in [0.2, 0.25) is 0 Å². The molecule has 4 rings (SSSR count). The number of nitrogens with one attached hydrogen (secondary N) is 3. The number of nitrogens with zero attached hydrogens (tertiary/aromatic N) is 2. The molecule has 0 aliphatic carbocycles. The van der Waals surface area contributed by atoms with Crippen LogP contribution in [0.3, 0.4) is 0 Å². The van der Waals surface area contributed by atoms with E-state index in [1.54, 1.807) is 79.7 Å². The number of hydrogen-bond acceptors (Lipinski definition) is 5. The molecule has 0 saturated carbocycles. The highest BCUT2D eigenvalue weighted by molar-refractivity contribution is 6.31. The van der Waals surface area contributed by atoms with Gasteiger partial charge in [0, 0.05) is 16.0 Å². The molecule has 0 radical (unpaired) electrons. The van der Waals surface area contributed by atoms with Gasteiger partial charge in [0.25, 0.3) is 17.4 Å². The Morgan fingerprint density at radius 3 is 2.35 bits per heavy atom. The van der Waals surface area contributed by atoms with Crippen molar-refractivity contribution >= 4 is 39.9 Å². The summed E-state index contributed by atoms with van der Waals surface area (Å²) in [5, 5.41) is 14.7. The monoisotopic (exact) mass is 473 g/mol. The maximum Gasteiger partial charge on any atom is 0.272 e. The van der Waals surface area contributed by atoms with Gasteiger partial charge in [0.05, 0.1) is 11.1 Å². The van der Waals surface area contributed by atoms with Gasteiger partial charge in [-0.05, 0) is 42.8 Å². The van der Waals surface area contributed by atoms with Crippen LogP contribution in [0.4, 0.5) is 0 Å². The van der Waals surface area contributed by atoms with E-state index in [0.29, 0.717) is 27.1 Å². The van der Waals surface area contributed by atoms with Gasteiger partial charge in [0.1, 0.15) is 5.69 Å². The Morgan fingerprint density at radius 2 is 1.62 bits per heavy atom. The van der Waals surface area contributed by atoms with Crippen molar-refractivity contribution in [3.8, 4) is 0 Å². The quantitative estimate of drug-likeness (QED) is 0.293. The first-order valence-electron chi connectivity index (χ1n) is 10.4. The highest BCUT2D eigenvalue weighted by atomic mass is 35.5. The average molecular weight is 474 g/mol. The van der Waals surface area contributed by atoms with Crippen LogP contribution in [0, 0.1) is 0 Å². The van der Waals surface area contributed by atoms with Crippen LogP contribution in [0.5, 0.6) is 0 Å². The van der Waals surface area contributed by atoms with Crippen LogP contribution in [-0.2, 0) is 4.79 Å². The summed E-state index contributed by atoms with van der Waals surface area (Å²) in [5.41, 5.74) is 3.89. The zero-order valence-corrected chi connectivity index (χ0v) is 18.8. The molecule has 2 amide bonds. The molecule has 1 unspecified atom stereocenters. The first-order chi connectivity index (χ1) is 16.4. The fourth-order valence-corrected chi connectivity index (χ4v) is 3.59. The number of rotatable bonds is 6. The number of carbonyl (C=O) groups excluding carboxylic acids is 2. The van der Waals surface area contributed by atoms with Crippen molar-refractivity contribution in [2.75, 3.05) is 0 Å². The second kappa shape index (κ2) is 10.1. The lowest BCUT2D eigenvalue weighted by Crippen LogP contribution is -2.40. The van der Waals surface area contributed by atoms with Crippen LogP contribution in [0.1, 0.15) is 34.6 Å². The molecular formula is C25H20ClN5O3. The van der Waals surface area contributed by atoms with Crippen molar-refractivity contribution < 1.29 is 9.59 Å². The minimum Gasteiger partial charge on any atom is -0.335 e. The fraction of sp³-hybridized carbons (Fsp3) is 0.0800. The van der Waals surface area contributed by atoms with E-state index < -0.39 is 23.4 Å². The van der Waals surface area contributed by atoms with Crippen molar-refractivity contribution in [3.63, 3.8) is 0 Å². The lowest BCUT2D eigenvalue weighted by atomic mass is 10.0. The summed E-state index contributed by atoms with van der Waals surface area (Å²) in [4.78, 5) is 38.4. The van der Waals surface area contributed by atoms with Gasteiger partial charge in [-0.15, -0.1) is 0 Å². The molecule has 3 aromatic carbocycles. The Balaban J connectivity index is 1.70. The number of aromatic nitrogens is 2. The van der Waals surface area contributed by atoms with Crippen LogP contribution < -0.4 is 16.3 Å². The highest BCUT2D eigenvalue weighted by Crippen LogP contribution is 2.20. The van der Waals surface area contributed by atoms with Crippen LogP contribution >= 0.6 is 11.6 Å². The van der Waals surface area contributed by atoms with Crippen LogP contribution in [0.15, 0.2) is 88.8 Å². The number of benzene rings is 3. The lowest BCUT2D eigenvalue weighted by molar-refractivity contribution is -0.123. The Morgan fingerprint density at radius 1 is 0.941 bits per heavy atom. The zero-order chi connectivity index (χ0) is 24.1. The number of halogens is 1. The van der Waals surface area contributed by atoms with Gasteiger partial charge < -0.3 is 5.32 Å². The van der Waals surface area contributed by atoms with Crippen LogP contribution in [0.25, 0.3) is 10.8 Å². The summed E-state index contributed by atoms with van der Waals surface area (Å²) in [5.74, 6) is -1.11. The van der Waals surface area contributed by atoms with Crippen molar-refractivity contribution in [2.24, 2.45) is 5.10 Å². The van der Waals surface area contributed by atoms with E-state index in [0.717, 1.165) is 5.56 Å². The Hall–Kier alpha value is -4.30. The van der Waals surface area contributed by atoms with Crippen molar-refractivity contribution in [1.29, 1.82) is 0 Å². The van der Waals surface area contributed by atoms with Crippen molar-refractivity contribution in [1.82, 2.24) is 20.9 Å². The number of amides is 2. The molecule has 0 aliphatic rings. The minimum absolute atomic E-state index is 0.188. The molecule has 170 valence electrons. The van der Waals surface area contributed by atoms with E-state index in [9.17, 15) is 14.4 Å². The van der Waals surface area contributed by atoms with E-state index in [1.807, 2.05) is 6.07 Å². The topological polar surface area (TPSA) is 116 Å². The molecule has 0 saturated heterocycles. The number of H-pyrrole nitrogens is 1. The summed E-state index contributed by atoms with van der Waals surface area (Å²) in [7, 11) is 0. The summed E-state index contributed by atoms with van der Waals surface area (Å²) < 4.78 is 0. The third-order valence-electron chi connectivity index (χ3n) is 5.15. The largest absolute Gasteiger partial charge is 0.335 e. The summed E-state index contributed by atoms with van der Waals surface area (Å²) >= 11 is 6.04. The fourth-order valence-electron chi connectivity index (χ4n) is 3.40. The smallest absolute Gasteiger partial charge is 0.272 e. The molecule has 3 N–H and O–H groups in total. The first-order valence-corrected chi connectivity index (χ1v) is 10.7. The normalized spacial score (nSPS) is 12.2. The summed E-state index contributed by atoms with van der Waals surface area (Å²) in [6, 6.07) is 21.0. The predicted molar refractivity (Wildman–Crippen MR) is 131 cm³/mol. The Kier molecular flexibility index (Phi) is 6.79. The number of fused-ring (bicyclic) bond motifs is 1. The number of hydrazone groups is 1. The molecule has 4 aromatic rings. The molecule has 1 heterocycles. The predicted octanol–water partition coefficient (Wildman–Crippen LogP) is 3.59. The van der Waals surface area contributed by atoms with Gasteiger partial charge in [-0.1, -0.05) is 60.1 Å². The van der Waals surface area contributed by atoms with Crippen LogP contribution in [-0.4, -0.2) is 27.7 Å². The van der Waals surface area contributed by atoms with Crippen LogP contribution in [0.2, 0.25) is 5.02 Å². The summed E-state index contributed by atoms with van der Waals surface area (Å²) in [6.45, 7) is 1.72. The van der Waals surface area contributed by atoms with Gasteiger partial charge >= 0.3 is 0 Å². The number of hydrogen-bond donors (Lipinski definition) is 3. The second-order valence-corrected chi connectivity index (χ2v) is 7.88. The molecule has 34 heavy (non-hydrogen) atoms. The van der Waals surface area contributed by atoms with E-state index in [4.69, 9.17) is 11.6 Å². The molecule has 9 heteroatoms. The SMILES string of the molecule is C/C(=N\NC(=O)C(NC(=O)c1ccccc1)c1n[nH]c(=O)c2ccccc12)c1cccc(Cl)c1. The van der Waals surface area contributed by atoms with E-state index in [2.05, 4.69) is 26.0 Å². The summed E-state index contributed by atoms with van der Waals surface area (Å²) in [6.07, 6.45) is 0. The third kappa shape index (κ3) is 5.02. The lowest BCUT2D eigenvalue weighted by Gasteiger charge is -2.18. The van der Waals surface area contributed by atoms with E-state index in [-0.39, 0.29) is 5.69 Å². The standard InChI is InChI=1S/C25H20ClN5O3/c1-15(17-10-7-11-18(26)14-17)28-31-25(34)22(27-23(32)16-8-3-2-4-9-16)21-19-12-5-6-13-20(19)24(33)30-29-21/h2-14,22H,1H3,(H,27,32)(H,30,33)(H,31,34)/b28-15+.